The number of nitrogens with zero attached hydrogens (tertiary/aromatic N) is 2. The molecular weight excluding hydrogens is 351 g/mol. The Balaban J connectivity index is 2.00. The Morgan fingerprint density at radius 2 is 1.90 bits per heavy atom. The topological polar surface area (TPSA) is 61.0 Å². The summed E-state index contributed by atoms with van der Waals surface area (Å²) in [6, 6.07) is 0. The van der Waals surface area contributed by atoms with E-state index in [-0.39, 0.29) is 13.0 Å². The Morgan fingerprint density at radius 3 is 2.52 bits per heavy atom. The monoisotopic (exact) mass is 367 g/mol. The highest BCUT2D eigenvalue weighted by atomic mass is 79.9. The molecule has 1 aromatic rings. The van der Waals surface area contributed by atoms with Crippen molar-refractivity contribution in [1.29, 1.82) is 0 Å². The lowest BCUT2D eigenvalue weighted by atomic mass is 10.0. The summed E-state index contributed by atoms with van der Waals surface area (Å²) in [4.78, 5) is 8.55. The standard InChI is InChI=1S/C13H17BrF3N3O/c14-10-11(8-3-1-2-4-8)19-9(20-12(10)18)5-6-21-7-13(15,16)17/h8H,1-7H2,(H2,18,19,20). The molecule has 1 heterocycles. The normalized spacial score (nSPS) is 16.6. The lowest BCUT2D eigenvalue weighted by Crippen LogP contribution is -2.18. The van der Waals surface area contributed by atoms with Gasteiger partial charge in [-0.3, -0.25) is 0 Å². The zero-order valence-corrected chi connectivity index (χ0v) is 13.0. The summed E-state index contributed by atoms with van der Waals surface area (Å²) in [5.74, 6) is 1.11. The van der Waals surface area contributed by atoms with Gasteiger partial charge in [-0.15, -0.1) is 0 Å². The molecule has 0 aromatic carbocycles. The van der Waals surface area contributed by atoms with Gasteiger partial charge in [0, 0.05) is 12.3 Å². The van der Waals surface area contributed by atoms with E-state index in [1.807, 2.05) is 0 Å². The number of nitrogens with two attached hydrogens (primary N) is 1. The molecule has 8 heteroatoms. The molecule has 2 N–H and O–H groups in total. The average molecular weight is 368 g/mol. The molecule has 1 aliphatic carbocycles. The Hall–Kier alpha value is -0.890. The maximum absolute atomic E-state index is 12.0. The molecule has 0 unspecified atom stereocenters. The first-order valence-electron chi connectivity index (χ1n) is 6.83. The number of rotatable bonds is 5. The minimum atomic E-state index is -4.31. The summed E-state index contributed by atoms with van der Waals surface area (Å²) in [6.45, 7) is -1.33. The van der Waals surface area contributed by atoms with Gasteiger partial charge < -0.3 is 10.5 Å². The number of halogens is 4. The van der Waals surface area contributed by atoms with E-state index in [4.69, 9.17) is 5.73 Å². The summed E-state index contributed by atoms with van der Waals surface area (Å²) in [6.07, 6.45) is 0.329. The SMILES string of the molecule is Nc1nc(CCOCC(F)(F)F)nc(C2CCCC2)c1Br. The largest absolute Gasteiger partial charge is 0.411 e. The summed E-state index contributed by atoms with van der Waals surface area (Å²) >= 11 is 3.40. The highest BCUT2D eigenvalue weighted by molar-refractivity contribution is 9.10. The molecule has 2 rings (SSSR count). The first-order chi connectivity index (χ1) is 9.87. The number of nitrogen functional groups attached to an aromatic ring is 1. The molecular formula is C13H17BrF3N3O. The molecule has 0 saturated heterocycles. The Bertz CT molecular complexity index is 490. The summed E-state index contributed by atoms with van der Waals surface area (Å²) in [5.41, 5.74) is 6.71. The van der Waals surface area contributed by atoms with E-state index in [9.17, 15) is 13.2 Å². The fourth-order valence-corrected chi connectivity index (χ4v) is 2.97. The van der Waals surface area contributed by atoms with Gasteiger partial charge >= 0.3 is 6.18 Å². The van der Waals surface area contributed by atoms with E-state index in [1.165, 1.54) is 0 Å². The van der Waals surface area contributed by atoms with Crippen LogP contribution in [0.25, 0.3) is 0 Å². The predicted octanol–water partition coefficient (Wildman–Crippen LogP) is 3.60. The van der Waals surface area contributed by atoms with Crippen molar-refractivity contribution in [3.05, 3.63) is 16.0 Å². The van der Waals surface area contributed by atoms with Crippen molar-refractivity contribution < 1.29 is 17.9 Å². The second-order valence-electron chi connectivity index (χ2n) is 5.12. The molecule has 0 spiro atoms. The van der Waals surface area contributed by atoms with Gasteiger partial charge in [-0.05, 0) is 28.8 Å². The van der Waals surface area contributed by atoms with Crippen molar-refractivity contribution in [1.82, 2.24) is 9.97 Å². The molecule has 1 aliphatic rings. The molecule has 1 fully saturated rings. The molecule has 1 saturated carbocycles. The van der Waals surface area contributed by atoms with Crippen LogP contribution in [0.15, 0.2) is 4.47 Å². The van der Waals surface area contributed by atoms with Gasteiger partial charge in [-0.2, -0.15) is 13.2 Å². The third kappa shape index (κ3) is 4.81. The summed E-state index contributed by atoms with van der Waals surface area (Å²) in [5, 5.41) is 0. The highest BCUT2D eigenvalue weighted by Gasteiger charge is 2.27. The summed E-state index contributed by atoms with van der Waals surface area (Å²) < 4.78 is 41.2. The van der Waals surface area contributed by atoms with Gasteiger partial charge in [-0.1, -0.05) is 12.8 Å². The van der Waals surface area contributed by atoms with Gasteiger partial charge in [0.15, 0.2) is 0 Å². The summed E-state index contributed by atoms with van der Waals surface area (Å²) in [7, 11) is 0. The van der Waals surface area contributed by atoms with E-state index in [2.05, 4.69) is 30.6 Å². The van der Waals surface area contributed by atoms with E-state index in [0.717, 1.165) is 31.4 Å². The lowest BCUT2D eigenvalue weighted by molar-refractivity contribution is -0.173. The maximum Gasteiger partial charge on any atom is 0.411 e. The van der Waals surface area contributed by atoms with Crippen LogP contribution in [0.1, 0.15) is 43.1 Å². The lowest BCUT2D eigenvalue weighted by Gasteiger charge is -2.14. The van der Waals surface area contributed by atoms with Crippen molar-refractivity contribution >= 4 is 21.7 Å². The van der Waals surface area contributed by atoms with Crippen LogP contribution in [-0.4, -0.2) is 29.4 Å². The smallest absolute Gasteiger partial charge is 0.383 e. The van der Waals surface area contributed by atoms with E-state index >= 15 is 0 Å². The molecule has 0 radical (unpaired) electrons. The van der Waals surface area contributed by atoms with Crippen molar-refractivity contribution in [2.75, 3.05) is 18.9 Å². The van der Waals surface area contributed by atoms with Crippen LogP contribution in [0.3, 0.4) is 0 Å². The molecule has 1 aromatic heterocycles. The van der Waals surface area contributed by atoms with Gasteiger partial charge in [-0.25, -0.2) is 9.97 Å². The predicted molar refractivity (Wildman–Crippen MR) is 75.9 cm³/mol. The zero-order chi connectivity index (χ0) is 15.5. The Kier molecular flexibility index (Phi) is 5.43. The fourth-order valence-electron chi connectivity index (χ4n) is 2.47. The number of aromatic nitrogens is 2. The van der Waals surface area contributed by atoms with Crippen LogP contribution in [0.4, 0.5) is 19.0 Å². The van der Waals surface area contributed by atoms with Crippen molar-refractivity contribution in [3.63, 3.8) is 0 Å². The van der Waals surface area contributed by atoms with Crippen molar-refractivity contribution in [3.8, 4) is 0 Å². The van der Waals surface area contributed by atoms with Crippen LogP contribution in [0.2, 0.25) is 0 Å². The molecule has 118 valence electrons. The van der Waals surface area contributed by atoms with Crippen LogP contribution in [0, 0.1) is 0 Å². The van der Waals surface area contributed by atoms with Crippen LogP contribution >= 0.6 is 15.9 Å². The van der Waals surface area contributed by atoms with Gasteiger partial charge in [0.2, 0.25) is 0 Å². The quantitative estimate of drug-likeness (QED) is 0.807. The third-order valence-corrected chi connectivity index (χ3v) is 4.24. The first-order valence-corrected chi connectivity index (χ1v) is 7.62. The first kappa shape index (κ1) is 16.5. The molecule has 0 bridgehead atoms. The Morgan fingerprint density at radius 1 is 1.24 bits per heavy atom. The number of hydrogen-bond acceptors (Lipinski definition) is 4. The number of anilines is 1. The molecule has 21 heavy (non-hydrogen) atoms. The maximum atomic E-state index is 12.0. The number of hydrogen-bond donors (Lipinski definition) is 1. The van der Waals surface area contributed by atoms with E-state index < -0.39 is 12.8 Å². The highest BCUT2D eigenvalue weighted by Crippen LogP contribution is 2.38. The molecule has 0 amide bonds. The minimum Gasteiger partial charge on any atom is -0.383 e. The fraction of sp³-hybridized carbons (Fsp3) is 0.692. The van der Waals surface area contributed by atoms with Crippen LogP contribution < -0.4 is 5.73 Å². The van der Waals surface area contributed by atoms with Crippen LogP contribution in [0.5, 0.6) is 0 Å². The average Bonchev–Trinajstić information content (AvgIpc) is 2.91. The van der Waals surface area contributed by atoms with Gasteiger partial charge in [0.1, 0.15) is 18.2 Å². The molecule has 0 aliphatic heterocycles. The van der Waals surface area contributed by atoms with E-state index in [1.54, 1.807) is 0 Å². The Labute approximate surface area is 129 Å². The molecule has 0 atom stereocenters. The number of ether oxygens (including phenoxy) is 1. The second kappa shape index (κ2) is 6.91. The van der Waals surface area contributed by atoms with Gasteiger partial charge in [0.25, 0.3) is 0 Å². The minimum absolute atomic E-state index is 0.0787. The van der Waals surface area contributed by atoms with E-state index in [0.29, 0.717) is 22.0 Å². The molecule has 4 nitrogen and oxygen atoms in total. The van der Waals surface area contributed by atoms with Crippen LogP contribution in [-0.2, 0) is 11.2 Å². The van der Waals surface area contributed by atoms with Crippen molar-refractivity contribution in [2.24, 2.45) is 0 Å². The third-order valence-electron chi connectivity index (χ3n) is 3.43. The van der Waals surface area contributed by atoms with Gasteiger partial charge in [0.05, 0.1) is 16.8 Å². The van der Waals surface area contributed by atoms with Crippen molar-refractivity contribution in [2.45, 2.75) is 44.2 Å². The second-order valence-corrected chi connectivity index (χ2v) is 5.92. The number of alkyl halides is 3. The zero-order valence-electron chi connectivity index (χ0n) is 11.4.